The lowest BCUT2D eigenvalue weighted by Crippen LogP contribution is -2.47. The van der Waals surface area contributed by atoms with Gasteiger partial charge in [0, 0.05) is 24.2 Å². The molecule has 3 heterocycles. The average Bonchev–Trinajstić information content (AvgIpc) is 2.98. The van der Waals surface area contributed by atoms with Crippen LogP contribution in [0.5, 0.6) is 5.75 Å². The molecule has 3 N–H and O–H groups in total. The number of aliphatic hydroxyl groups is 2. The number of aromatic nitrogens is 2. The van der Waals surface area contributed by atoms with E-state index in [9.17, 15) is 19.6 Å². The number of aromatic amines is 1. The standard InChI is InChI=1S/C17H18FN2O8PS/c18-16(10-26-29(24)25-8-11-3-1-2-4-12(11)27-29)7-13(22)17(9-21,28-16)20-6-5-14(23)19-15(20)30/h1-6,13,21-22H,7-10H2,(H,19,23,30)/t13-,16+,17-,29?/m1/s1. The Balaban J connectivity index is 1.54. The second kappa shape index (κ2) is 7.65. The van der Waals surface area contributed by atoms with E-state index in [1.807, 2.05) is 0 Å². The molecule has 0 aliphatic carbocycles. The van der Waals surface area contributed by atoms with Crippen LogP contribution in [0.3, 0.4) is 0 Å². The van der Waals surface area contributed by atoms with Crippen LogP contribution in [0.25, 0.3) is 0 Å². The maximum absolute atomic E-state index is 15.4. The fourth-order valence-electron chi connectivity index (χ4n) is 3.35. The van der Waals surface area contributed by atoms with Gasteiger partial charge in [0.1, 0.15) is 18.5 Å². The van der Waals surface area contributed by atoms with E-state index in [2.05, 4.69) is 4.98 Å². The minimum absolute atomic E-state index is 0.0522. The first-order valence-electron chi connectivity index (χ1n) is 8.86. The van der Waals surface area contributed by atoms with Gasteiger partial charge in [0.2, 0.25) is 5.85 Å². The third-order valence-corrected chi connectivity index (χ3v) is 6.45. The number of fused-ring (bicyclic) bond motifs is 1. The van der Waals surface area contributed by atoms with Crippen LogP contribution in [0, 0.1) is 4.77 Å². The Morgan fingerprint density at radius 3 is 2.90 bits per heavy atom. The van der Waals surface area contributed by atoms with Gasteiger partial charge in [-0.3, -0.25) is 23.4 Å². The molecule has 0 amide bonds. The number of halogens is 1. The number of rotatable bonds is 5. The average molecular weight is 460 g/mol. The van der Waals surface area contributed by atoms with E-state index in [4.69, 9.17) is 30.5 Å². The van der Waals surface area contributed by atoms with Crippen LogP contribution < -0.4 is 10.1 Å². The smallest absolute Gasteiger partial charge is 0.404 e. The number of para-hydroxylation sites is 1. The number of phosphoric acid groups is 1. The summed E-state index contributed by atoms with van der Waals surface area (Å²) in [6.07, 6.45) is -1.03. The van der Waals surface area contributed by atoms with E-state index in [-0.39, 0.29) is 17.1 Å². The Morgan fingerprint density at radius 1 is 1.40 bits per heavy atom. The second-order valence-electron chi connectivity index (χ2n) is 6.88. The van der Waals surface area contributed by atoms with E-state index in [1.165, 1.54) is 6.20 Å². The number of nitrogens with one attached hydrogen (secondary N) is 1. The van der Waals surface area contributed by atoms with E-state index < -0.39 is 50.7 Å². The van der Waals surface area contributed by atoms with Gasteiger partial charge in [0.05, 0.1) is 13.2 Å². The first kappa shape index (κ1) is 21.3. The molecule has 4 rings (SSSR count). The van der Waals surface area contributed by atoms with Crippen molar-refractivity contribution in [2.45, 2.75) is 30.7 Å². The lowest BCUT2D eigenvalue weighted by Gasteiger charge is -2.33. The molecule has 0 radical (unpaired) electrons. The Bertz CT molecular complexity index is 1130. The van der Waals surface area contributed by atoms with Gasteiger partial charge < -0.3 is 19.5 Å². The van der Waals surface area contributed by atoms with Gasteiger partial charge in [0.25, 0.3) is 5.56 Å². The van der Waals surface area contributed by atoms with Crippen LogP contribution >= 0.6 is 20.0 Å². The normalized spacial score (nSPS) is 33.1. The molecule has 30 heavy (non-hydrogen) atoms. The first-order chi connectivity index (χ1) is 14.2. The van der Waals surface area contributed by atoms with Crippen molar-refractivity contribution >= 4 is 20.0 Å². The highest BCUT2D eigenvalue weighted by Crippen LogP contribution is 2.56. The van der Waals surface area contributed by atoms with Gasteiger partial charge in [-0.1, -0.05) is 18.2 Å². The van der Waals surface area contributed by atoms with Crippen molar-refractivity contribution in [1.82, 2.24) is 9.55 Å². The van der Waals surface area contributed by atoms with Crippen molar-refractivity contribution in [3.05, 3.63) is 57.2 Å². The number of ether oxygens (including phenoxy) is 1. The molecular formula is C17H18FN2O8PS. The molecule has 1 aromatic heterocycles. The quantitative estimate of drug-likeness (QED) is 0.451. The molecule has 1 fully saturated rings. The lowest BCUT2D eigenvalue weighted by atomic mass is 10.1. The van der Waals surface area contributed by atoms with Crippen LogP contribution in [0.4, 0.5) is 4.39 Å². The Labute approximate surface area is 174 Å². The predicted octanol–water partition coefficient (Wildman–Crippen LogP) is 1.73. The summed E-state index contributed by atoms with van der Waals surface area (Å²) in [4.78, 5) is 13.7. The molecule has 2 aromatic rings. The van der Waals surface area contributed by atoms with Crippen molar-refractivity contribution in [2.75, 3.05) is 13.2 Å². The highest BCUT2D eigenvalue weighted by molar-refractivity contribution is 7.71. The highest BCUT2D eigenvalue weighted by Gasteiger charge is 2.58. The first-order valence-corrected chi connectivity index (χ1v) is 10.7. The van der Waals surface area contributed by atoms with Crippen LogP contribution in [-0.2, 0) is 30.7 Å². The molecule has 0 spiro atoms. The molecule has 4 atom stereocenters. The number of nitrogens with zero attached hydrogens (tertiary/aromatic N) is 1. The second-order valence-corrected chi connectivity index (χ2v) is 8.86. The fourth-order valence-corrected chi connectivity index (χ4v) is 4.91. The van der Waals surface area contributed by atoms with Crippen LogP contribution in [0.2, 0.25) is 0 Å². The zero-order chi connectivity index (χ0) is 21.6. The number of H-pyrrole nitrogens is 1. The Hall–Kier alpha value is -1.92. The number of benzene rings is 1. The molecule has 1 unspecified atom stereocenters. The summed E-state index contributed by atoms with van der Waals surface area (Å²) < 4.78 is 49.8. The third-order valence-electron chi connectivity index (χ3n) is 4.84. The fraction of sp³-hybridized carbons (Fsp3) is 0.412. The zero-order valence-electron chi connectivity index (χ0n) is 15.4. The summed E-state index contributed by atoms with van der Waals surface area (Å²) in [6, 6.07) is 7.80. The van der Waals surface area contributed by atoms with Crippen LogP contribution in [-0.4, -0.2) is 44.9 Å². The van der Waals surface area contributed by atoms with E-state index in [0.717, 1.165) is 10.6 Å². The molecule has 0 saturated carbocycles. The molecule has 162 valence electrons. The molecule has 2 aliphatic heterocycles. The van der Waals surface area contributed by atoms with Gasteiger partial charge in [-0.2, -0.15) is 0 Å². The molecule has 2 aliphatic rings. The monoisotopic (exact) mass is 460 g/mol. The highest BCUT2D eigenvalue weighted by atomic mass is 32.1. The minimum atomic E-state index is -4.14. The summed E-state index contributed by atoms with van der Waals surface area (Å²) in [5.74, 6) is -2.37. The number of phosphoric ester groups is 1. The topological polar surface area (TPSA) is 132 Å². The van der Waals surface area contributed by atoms with E-state index in [1.54, 1.807) is 24.3 Å². The number of aliphatic hydroxyl groups excluding tert-OH is 2. The zero-order valence-corrected chi connectivity index (χ0v) is 17.1. The van der Waals surface area contributed by atoms with Gasteiger partial charge in [0.15, 0.2) is 10.5 Å². The van der Waals surface area contributed by atoms with Crippen molar-refractivity contribution in [3.8, 4) is 5.75 Å². The third kappa shape index (κ3) is 3.76. The molecule has 1 aromatic carbocycles. The number of hydrogen-bond donors (Lipinski definition) is 3. The van der Waals surface area contributed by atoms with Gasteiger partial charge in [-0.25, -0.2) is 8.96 Å². The van der Waals surface area contributed by atoms with Gasteiger partial charge in [-0.15, -0.1) is 0 Å². The number of alkyl halides is 1. The van der Waals surface area contributed by atoms with E-state index in [0.29, 0.717) is 5.56 Å². The van der Waals surface area contributed by atoms with Crippen molar-refractivity contribution in [2.24, 2.45) is 0 Å². The molecule has 1 saturated heterocycles. The SMILES string of the molecule is O=c1ccn([C@]2(CO)O[C@](F)(COP3(=O)OCc4ccccc4O3)C[C@H]2O)c(=S)[nH]1. The van der Waals surface area contributed by atoms with Gasteiger partial charge >= 0.3 is 7.82 Å². The maximum atomic E-state index is 15.4. The van der Waals surface area contributed by atoms with Crippen molar-refractivity contribution in [1.29, 1.82) is 0 Å². The Morgan fingerprint density at radius 2 is 2.17 bits per heavy atom. The lowest BCUT2D eigenvalue weighted by molar-refractivity contribution is -0.245. The summed E-state index contributed by atoms with van der Waals surface area (Å²) in [7, 11) is -4.14. The van der Waals surface area contributed by atoms with Crippen LogP contribution in [0.1, 0.15) is 12.0 Å². The summed E-state index contributed by atoms with van der Waals surface area (Å²) in [5.41, 5.74) is -1.88. The molecule has 10 nitrogen and oxygen atoms in total. The van der Waals surface area contributed by atoms with E-state index >= 15 is 4.39 Å². The summed E-state index contributed by atoms with van der Waals surface area (Å²) in [6.45, 7) is -1.83. The molecule has 13 heteroatoms. The summed E-state index contributed by atoms with van der Waals surface area (Å²) >= 11 is 5.03. The van der Waals surface area contributed by atoms with Crippen molar-refractivity contribution in [3.63, 3.8) is 0 Å². The molecular weight excluding hydrogens is 442 g/mol. The molecule has 0 bridgehead atoms. The minimum Gasteiger partial charge on any atom is -0.404 e. The summed E-state index contributed by atoms with van der Waals surface area (Å²) in [5, 5.41) is 20.4. The van der Waals surface area contributed by atoms with Gasteiger partial charge in [-0.05, 0) is 18.3 Å². The van der Waals surface area contributed by atoms with Crippen LogP contribution in [0.15, 0.2) is 41.3 Å². The predicted molar refractivity (Wildman–Crippen MR) is 102 cm³/mol. The number of hydrogen-bond acceptors (Lipinski definition) is 9. The Kier molecular flexibility index (Phi) is 5.43. The largest absolute Gasteiger partial charge is 0.530 e. The van der Waals surface area contributed by atoms with Crippen molar-refractivity contribution < 1.29 is 37.5 Å². The maximum Gasteiger partial charge on any atom is 0.530 e.